The van der Waals surface area contributed by atoms with Gasteiger partial charge in [0.05, 0.1) is 10.6 Å². The molecule has 0 aliphatic carbocycles. The Morgan fingerprint density at radius 3 is 2.21 bits per heavy atom. The molecule has 282 valence electrons. The predicted octanol–water partition coefficient (Wildman–Crippen LogP) is 3.96. The molecule has 3 atom stereocenters. The molecule has 3 unspecified atom stereocenters. The third kappa shape index (κ3) is 9.05. The third-order valence-electron chi connectivity index (χ3n) is 9.81. The van der Waals surface area contributed by atoms with Crippen LogP contribution in [0.5, 0.6) is 0 Å². The highest BCUT2D eigenvalue weighted by Gasteiger charge is 2.48. The van der Waals surface area contributed by atoms with Crippen LogP contribution in [0.2, 0.25) is 0 Å². The summed E-state index contributed by atoms with van der Waals surface area (Å²) in [6.45, 7) is 7.63. The first-order valence-electron chi connectivity index (χ1n) is 17.1. The van der Waals surface area contributed by atoms with E-state index in [9.17, 15) is 34.8 Å². The molecule has 11 nitrogen and oxygen atoms in total. The molecule has 6 rings (SSSR count). The van der Waals surface area contributed by atoms with Crippen molar-refractivity contribution in [1.82, 2.24) is 19.8 Å². The Morgan fingerprint density at radius 2 is 1.58 bits per heavy atom. The van der Waals surface area contributed by atoms with Crippen LogP contribution in [0.25, 0.3) is 0 Å². The minimum atomic E-state index is -6.01. The molecule has 0 aromatic heterocycles. The first kappa shape index (κ1) is 38.4. The summed E-state index contributed by atoms with van der Waals surface area (Å²) < 4.78 is 96.5. The number of benzene rings is 3. The lowest BCUT2D eigenvalue weighted by Crippen LogP contribution is -2.44. The number of carbonyl (C=O) groups is 1. The van der Waals surface area contributed by atoms with Crippen molar-refractivity contribution in [2.45, 2.75) is 32.7 Å². The second-order valence-corrected chi connectivity index (χ2v) is 18.3. The Morgan fingerprint density at radius 1 is 0.923 bits per heavy atom. The van der Waals surface area contributed by atoms with Gasteiger partial charge < -0.3 is 25.3 Å². The van der Waals surface area contributed by atoms with E-state index in [0.717, 1.165) is 75.1 Å². The molecule has 3 aliphatic rings. The van der Waals surface area contributed by atoms with Crippen molar-refractivity contribution in [2.75, 3.05) is 81.9 Å². The fourth-order valence-electron chi connectivity index (χ4n) is 7.04. The standard InChI is InChI=1S/C35H43F3N6O5S3/c1-42-20-26-22-44(23-27(26)21-42)29-9-7-25(8-10-29)34(45)41-52(48,49)31-11-12-32(33(19-31)51(46,47)35(36,37)38)40-28(13-16-43-17-14-39-15-18-43)24-50-30-5-3-2-4-6-30/h2-12,19,26-28,39-40H,13-18,20-24H2,1H3,(H,41,45). The van der Waals surface area contributed by atoms with Gasteiger partial charge in [0, 0.05) is 86.8 Å². The Kier molecular flexibility index (Phi) is 11.8. The molecule has 0 spiro atoms. The zero-order chi connectivity index (χ0) is 37.1. The molecular formula is C35H43F3N6O5S3. The Hall–Kier alpha value is -3.35. The number of nitrogens with zero attached hydrogens (tertiary/aromatic N) is 3. The van der Waals surface area contributed by atoms with Crippen LogP contribution >= 0.6 is 11.8 Å². The van der Waals surface area contributed by atoms with Gasteiger partial charge in [-0.05, 0) is 79.9 Å². The monoisotopic (exact) mass is 780 g/mol. The van der Waals surface area contributed by atoms with Crippen molar-refractivity contribution in [1.29, 1.82) is 0 Å². The van der Waals surface area contributed by atoms with Crippen LogP contribution < -0.4 is 20.3 Å². The fourth-order valence-corrected chi connectivity index (χ4v) is 10.1. The van der Waals surface area contributed by atoms with E-state index in [1.165, 1.54) is 23.9 Å². The number of rotatable bonds is 13. The number of hydrogen-bond acceptors (Lipinski definition) is 11. The number of halogens is 3. The molecule has 3 heterocycles. The predicted molar refractivity (Wildman–Crippen MR) is 196 cm³/mol. The smallest absolute Gasteiger partial charge is 0.380 e. The number of thioether (sulfide) groups is 1. The van der Waals surface area contributed by atoms with Crippen molar-refractivity contribution in [2.24, 2.45) is 11.8 Å². The maximum Gasteiger partial charge on any atom is 0.501 e. The van der Waals surface area contributed by atoms with Crippen molar-refractivity contribution in [3.63, 3.8) is 0 Å². The van der Waals surface area contributed by atoms with E-state index in [4.69, 9.17) is 0 Å². The van der Waals surface area contributed by atoms with E-state index >= 15 is 0 Å². The summed E-state index contributed by atoms with van der Waals surface area (Å²) in [5.74, 6) is 0.511. The molecule has 3 fully saturated rings. The van der Waals surface area contributed by atoms with E-state index in [2.05, 4.69) is 32.4 Å². The Balaban J connectivity index is 1.20. The number of sulfonamides is 1. The molecule has 17 heteroatoms. The molecule has 0 radical (unpaired) electrons. The quantitative estimate of drug-likeness (QED) is 0.218. The van der Waals surface area contributed by atoms with Crippen LogP contribution in [0.1, 0.15) is 16.8 Å². The topological polar surface area (TPSA) is 131 Å². The largest absolute Gasteiger partial charge is 0.501 e. The number of likely N-dealkylation sites (tertiary alicyclic amines) is 1. The average Bonchev–Trinajstić information content (AvgIpc) is 3.67. The van der Waals surface area contributed by atoms with E-state index in [1.807, 2.05) is 35.1 Å². The van der Waals surface area contributed by atoms with Crippen LogP contribution in [0.4, 0.5) is 24.5 Å². The van der Waals surface area contributed by atoms with Gasteiger partial charge in [-0.1, -0.05) is 18.2 Å². The maximum atomic E-state index is 14.0. The SMILES string of the molecule is CN1CC2CN(c3ccc(C(=O)NS(=O)(=O)c4ccc(NC(CCN5CCNCC5)CSc5ccccc5)c(S(=O)(=O)C(F)(F)F)c4)cc3)CC2C1. The number of hydrogen-bond donors (Lipinski definition) is 3. The van der Waals surface area contributed by atoms with Gasteiger partial charge in [0.1, 0.15) is 4.90 Å². The molecular weight excluding hydrogens is 738 g/mol. The van der Waals surface area contributed by atoms with Gasteiger partial charge in [0.25, 0.3) is 25.8 Å². The average molecular weight is 781 g/mol. The van der Waals surface area contributed by atoms with Gasteiger partial charge in [0.15, 0.2) is 0 Å². The summed E-state index contributed by atoms with van der Waals surface area (Å²) in [6.07, 6.45) is 0.483. The maximum absolute atomic E-state index is 14.0. The Bertz CT molecular complexity index is 1920. The number of anilines is 2. The number of carbonyl (C=O) groups excluding carboxylic acids is 1. The lowest BCUT2D eigenvalue weighted by molar-refractivity contribution is -0.0435. The van der Waals surface area contributed by atoms with Gasteiger partial charge in [-0.2, -0.15) is 13.2 Å². The zero-order valence-electron chi connectivity index (χ0n) is 28.7. The van der Waals surface area contributed by atoms with Gasteiger partial charge in [-0.3, -0.25) is 4.79 Å². The van der Waals surface area contributed by atoms with Crippen molar-refractivity contribution in [3.8, 4) is 0 Å². The lowest BCUT2D eigenvalue weighted by Gasteiger charge is -2.29. The number of amides is 1. The van der Waals surface area contributed by atoms with Gasteiger partial charge >= 0.3 is 5.51 Å². The van der Waals surface area contributed by atoms with Gasteiger partial charge in [-0.25, -0.2) is 21.6 Å². The zero-order valence-corrected chi connectivity index (χ0v) is 31.1. The van der Waals surface area contributed by atoms with E-state index in [1.54, 1.807) is 12.1 Å². The number of piperazine rings is 1. The molecule has 3 N–H and O–H groups in total. The summed E-state index contributed by atoms with van der Waals surface area (Å²) >= 11 is 1.46. The molecule has 0 bridgehead atoms. The second-order valence-electron chi connectivity index (χ2n) is 13.6. The highest BCUT2D eigenvalue weighted by Crippen LogP contribution is 2.37. The molecule has 0 saturated carbocycles. The number of nitrogens with one attached hydrogen (secondary N) is 3. The summed E-state index contributed by atoms with van der Waals surface area (Å²) in [5.41, 5.74) is -5.17. The van der Waals surface area contributed by atoms with Crippen LogP contribution in [-0.4, -0.2) is 116 Å². The van der Waals surface area contributed by atoms with E-state index in [-0.39, 0.29) is 11.3 Å². The number of fused-ring (bicyclic) bond motifs is 1. The van der Waals surface area contributed by atoms with Crippen molar-refractivity contribution in [3.05, 3.63) is 78.4 Å². The van der Waals surface area contributed by atoms with Crippen LogP contribution in [0.3, 0.4) is 0 Å². The second kappa shape index (κ2) is 15.9. The summed E-state index contributed by atoms with van der Waals surface area (Å²) in [4.78, 5) is 18.7. The van der Waals surface area contributed by atoms with Crippen LogP contribution in [0.15, 0.2) is 87.5 Å². The van der Waals surface area contributed by atoms with Crippen molar-refractivity contribution >= 4 is 48.9 Å². The normalized spacial score (nSPS) is 20.8. The van der Waals surface area contributed by atoms with Crippen LogP contribution in [0, 0.1) is 11.8 Å². The molecule has 3 saturated heterocycles. The first-order valence-corrected chi connectivity index (χ1v) is 21.1. The highest BCUT2D eigenvalue weighted by molar-refractivity contribution is 7.99. The van der Waals surface area contributed by atoms with Gasteiger partial charge in [-0.15, -0.1) is 11.8 Å². The summed E-state index contributed by atoms with van der Waals surface area (Å²) in [7, 11) is -8.70. The minimum Gasteiger partial charge on any atom is -0.380 e. The van der Waals surface area contributed by atoms with Crippen molar-refractivity contribution < 1.29 is 34.8 Å². The molecule has 3 aromatic carbocycles. The summed E-state index contributed by atoms with van der Waals surface area (Å²) in [5, 5.41) is 6.27. The fraction of sp³-hybridized carbons (Fsp3) is 0.457. The summed E-state index contributed by atoms with van der Waals surface area (Å²) in [6, 6.07) is 17.8. The van der Waals surface area contributed by atoms with E-state index in [0.29, 0.717) is 36.6 Å². The first-order chi connectivity index (χ1) is 24.7. The molecule has 3 aromatic rings. The van der Waals surface area contributed by atoms with E-state index < -0.39 is 47.1 Å². The minimum absolute atomic E-state index is 0.0242. The highest BCUT2D eigenvalue weighted by atomic mass is 32.2. The lowest BCUT2D eigenvalue weighted by atomic mass is 10.0. The third-order valence-corrected chi connectivity index (χ3v) is 13.8. The number of sulfone groups is 1. The van der Waals surface area contributed by atoms with Crippen LogP contribution in [-0.2, 0) is 19.9 Å². The molecule has 1 amide bonds. The van der Waals surface area contributed by atoms with Gasteiger partial charge in [0.2, 0.25) is 0 Å². The molecule has 52 heavy (non-hydrogen) atoms. The Labute approximate surface area is 307 Å². The molecule has 3 aliphatic heterocycles. The number of alkyl halides is 3.